The van der Waals surface area contributed by atoms with Crippen molar-refractivity contribution in [2.24, 2.45) is 5.92 Å². The molecular weight excluding hydrogens is 348 g/mol. The zero-order valence-corrected chi connectivity index (χ0v) is 15.3. The lowest BCUT2D eigenvalue weighted by atomic mass is 9.93. The minimum atomic E-state index is -1.03. The van der Waals surface area contributed by atoms with Crippen LogP contribution in [0.15, 0.2) is 34.9 Å². The van der Waals surface area contributed by atoms with E-state index in [0.717, 1.165) is 24.0 Å². The molecular formula is C20H24N2O5. The molecule has 1 aliphatic rings. The summed E-state index contributed by atoms with van der Waals surface area (Å²) in [6.07, 6.45) is 3.60. The van der Waals surface area contributed by atoms with E-state index in [1.165, 1.54) is 0 Å². The Hall–Kier alpha value is -2.67. The molecule has 3 rings (SSSR count). The molecule has 2 unspecified atom stereocenters. The number of hydrogen-bond acceptors (Lipinski definition) is 5. The van der Waals surface area contributed by atoms with Gasteiger partial charge in [-0.1, -0.05) is 29.8 Å². The summed E-state index contributed by atoms with van der Waals surface area (Å²) in [6, 6.07) is 6.97. The highest BCUT2D eigenvalue weighted by atomic mass is 16.5. The van der Waals surface area contributed by atoms with Crippen LogP contribution in [-0.4, -0.2) is 41.2 Å². The summed E-state index contributed by atoms with van der Waals surface area (Å²) >= 11 is 0. The van der Waals surface area contributed by atoms with E-state index in [-0.39, 0.29) is 18.2 Å². The van der Waals surface area contributed by atoms with Crippen molar-refractivity contribution in [3.8, 4) is 11.3 Å². The van der Waals surface area contributed by atoms with Gasteiger partial charge in [0, 0.05) is 30.9 Å². The Kier molecular flexibility index (Phi) is 6.24. The fourth-order valence-corrected chi connectivity index (χ4v) is 3.15. The first-order chi connectivity index (χ1) is 13.0. The monoisotopic (exact) mass is 372 g/mol. The van der Waals surface area contributed by atoms with Gasteiger partial charge in [0.15, 0.2) is 11.7 Å². The van der Waals surface area contributed by atoms with Crippen LogP contribution in [0.4, 0.5) is 0 Å². The molecule has 1 fully saturated rings. The topological polar surface area (TPSA) is 102 Å². The summed E-state index contributed by atoms with van der Waals surface area (Å²) in [4.78, 5) is 27.9. The highest BCUT2D eigenvalue weighted by Crippen LogP contribution is 2.21. The van der Waals surface area contributed by atoms with Crippen LogP contribution in [0.25, 0.3) is 11.3 Å². The summed E-state index contributed by atoms with van der Waals surface area (Å²) in [5, 5.41) is 12.0. The van der Waals surface area contributed by atoms with Crippen LogP contribution in [0.3, 0.4) is 0 Å². The van der Waals surface area contributed by atoms with Crippen LogP contribution < -0.4 is 5.32 Å². The second kappa shape index (κ2) is 8.81. The van der Waals surface area contributed by atoms with Crippen molar-refractivity contribution in [2.75, 3.05) is 13.2 Å². The van der Waals surface area contributed by atoms with E-state index in [9.17, 15) is 14.7 Å². The zero-order valence-electron chi connectivity index (χ0n) is 15.3. The Labute approximate surface area is 157 Å². The van der Waals surface area contributed by atoms with Crippen LogP contribution in [0.1, 0.15) is 30.7 Å². The number of carbonyl (C=O) groups is 2. The van der Waals surface area contributed by atoms with Gasteiger partial charge >= 0.3 is 5.97 Å². The van der Waals surface area contributed by atoms with Gasteiger partial charge in [-0.3, -0.25) is 4.79 Å². The summed E-state index contributed by atoms with van der Waals surface area (Å²) in [5.41, 5.74) is 2.08. The first-order valence-electron chi connectivity index (χ1n) is 9.14. The quantitative estimate of drug-likeness (QED) is 0.775. The molecule has 7 nitrogen and oxygen atoms in total. The van der Waals surface area contributed by atoms with Gasteiger partial charge in [-0.05, 0) is 19.8 Å². The normalized spacial score (nSPS) is 18.0. The first-order valence-corrected chi connectivity index (χ1v) is 9.14. The number of hydrogen-bond donors (Lipinski definition) is 2. The van der Waals surface area contributed by atoms with Crippen LogP contribution in [-0.2, 0) is 20.7 Å². The maximum atomic E-state index is 12.2. The predicted octanol–water partition coefficient (Wildman–Crippen LogP) is 2.58. The molecule has 2 N–H and O–H groups in total. The molecule has 27 heavy (non-hydrogen) atoms. The fourth-order valence-electron chi connectivity index (χ4n) is 3.15. The molecule has 7 heteroatoms. The van der Waals surface area contributed by atoms with Crippen molar-refractivity contribution in [3.05, 3.63) is 41.9 Å². The predicted molar refractivity (Wildman–Crippen MR) is 98.1 cm³/mol. The summed E-state index contributed by atoms with van der Waals surface area (Å²) < 4.78 is 11.0. The van der Waals surface area contributed by atoms with Gasteiger partial charge in [0.05, 0.1) is 12.8 Å². The number of nitrogens with zero attached hydrogens (tertiary/aromatic N) is 1. The van der Waals surface area contributed by atoms with E-state index < -0.39 is 12.0 Å². The van der Waals surface area contributed by atoms with E-state index in [1.54, 1.807) is 6.20 Å². The third-order valence-electron chi connectivity index (χ3n) is 4.71. The highest BCUT2D eigenvalue weighted by Gasteiger charge is 2.31. The second-order valence-corrected chi connectivity index (χ2v) is 6.84. The Morgan fingerprint density at radius 1 is 1.33 bits per heavy atom. The Morgan fingerprint density at radius 2 is 2.11 bits per heavy atom. The van der Waals surface area contributed by atoms with Crippen LogP contribution in [0.5, 0.6) is 0 Å². The maximum Gasteiger partial charge on any atom is 0.326 e. The molecule has 1 amide bonds. The summed E-state index contributed by atoms with van der Waals surface area (Å²) in [6.45, 7) is 3.01. The van der Waals surface area contributed by atoms with E-state index in [0.29, 0.717) is 31.3 Å². The van der Waals surface area contributed by atoms with E-state index in [4.69, 9.17) is 9.15 Å². The number of benzene rings is 1. The smallest absolute Gasteiger partial charge is 0.326 e. The maximum absolute atomic E-state index is 12.2. The largest absolute Gasteiger partial charge is 0.480 e. The third kappa shape index (κ3) is 5.17. The van der Waals surface area contributed by atoms with Crippen molar-refractivity contribution in [3.63, 3.8) is 0 Å². The van der Waals surface area contributed by atoms with Crippen LogP contribution in [0.2, 0.25) is 0 Å². The molecule has 1 aliphatic heterocycles. The fraction of sp³-hybridized carbons (Fsp3) is 0.450. The lowest BCUT2D eigenvalue weighted by Gasteiger charge is -2.28. The molecule has 2 heterocycles. The molecule has 1 aromatic carbocycles. The van der Waals surface area contributed by atoms with Gasteiger partial charge in [-0.15, -0.1) is 0 Å². The summed E-state index contributed by atoms with van der Waals surface area (Å²) in [5.74, 6) is -0.462. The zero-order chi connectivity index (χ0) is 19.2. The van der Waals surface area contributed by atoms with Gasteiger partial charge in [-0.25, -0.2) is 9.78 Å². The van der Waals surface area contributed by atoms with Crippen molar-refractivity contribution >= 4 is 11.9 Å². The van der Waals surface area contributed by atoms with Gasteiger partial charge in [0.25, 0.3) is 0 Å². The summed E-state index contributed by atoms with van der Waals surface area (Å²) in [7, 11) is 0. The Bertz CT molecular complexity index is 778. The molecule has 144 valence electrons. The number of amides is 1. The molecule has 0 spiro atoms. The number of nitrogens with one attached hydrogen (secondary N) is 1. The average Bonchev–Trinajstić information content (AvgIpc) is 3.14. The number of carboxylic acid groups (broad SMARTS) is 1. The molecule has 0 saturated carbocycles. The Balaban J connectivity index is 1.54. The second-order valence-electron chi connectivity index (χ2n) is 6.84. The molecule has 0 bridgehead atoms. The van der Waals surface area contributed by atoms with Crippen molar-refractivity contribution in [1.82, 2.24) is 10.3 Å². The lowest BCUT2D eigenvalue weighted by Crippen LogP contribution is -2.48. The van der Waals surface area contributed by atoms with Crippen molar-refractivity contribution in [1.29, 1.82) is 0 Å². The van der Waals surface area contributed by atoms with Gasteiger partial charge < -0.3 is 19.6 Å². The molecule has 0 aliphatic carbocycles. The van der Waals surface area contributed by atoms with E-state index >= 15 is 0 Å². The van der Waals surface area contributed by atoms with Crippen LogP contribution in [0, 0.1) is 12.8 Å². The first kappa shape index (κ1) is 19.1. The molecule has 2 aromatic rings. The number of aliphatic carboxylic acids is 1. The SMILES string of the molecule is Cc1ccc(-c2cnc(CCC(=O)NC(C(=O)O)C3CCCOC3)o2)cc1. The molecule has 1 saturated heterocycles. The number of carbonyl (C=O) groups excluding carboxylic acids is 1. The number of aryl methyl sites for hydroxylation is 2. The number of rotatable bonds is 7. The molecule has 1 aromatic heterocycles. The van der Waals surface area contributed by atoms with Crippen molar-refractivity contribution in [2.45, 2.75) is 38.6 Å². The lowest BCUT2D eigenvalue weighted by molar-refractivity contribution is -0.145. The average molecular weight is 372 g/mol. The minimum Gasteiger partial charge on any atom is -0.480 e. The van der Waals surface area contributed by atoms with Gasteiger partial charge in [0.1, 0.15) is 6.04 Å². The third-order valence-corrected chi connectivity index (χ3v) is 4.71. The number of ether oxygens (including phenoxy) is 1. The standard InChI is InChI=1S/C20H24N2O5/c1-13-4-6-14(7-5-13)16-11-21-18(27-16)9-8-17(23)22-19(20(24)25)15-3-2-10-26-12-15/h4-7,11,15,19H,2-3,8-10,12H2,1H3,(H,22,23)(H,24,25). The molecule has 0 radical (unpaired) electrons. The Morgan fingerprint density at radius 3 is 2.78 bits per heavy atom. The van der Waals surface area contributed by atoms with E-state index in [2.05, 4.69) is 10.3 Å². The van der Waals surface area contributed by atoms with Crippen LogP contribution >= 0.6 is 0 Å². The molecule has 2 atom stereocenters. The minimum absolute atomic E-state index is 0.116. The van der Waals surface area contributed by atoms with Gasteiger partial charge in [0.2, 0.25) is 5.91 Å². The highest BCUT2D eigenvalue weighted by molar-refractivity contribution is 5.83. The van der Waals surface area contributed by atoms with Gasteiger partial charge in [-0.2, -0.15) is 0 Å². The number of oxazole rings is 1. The number of aromatic nitrogens is 1. The van der Waals surface area contributed by atoms with E-state index in [1.807, 2.05) is 31.2 Å². The van der Waals surface area contributed by atoms with Crippen molar-refractivity contribution < 1.29 is 23.8 Å². The number of carboxylic acids is 1.